The molecule has 1 aromatic rings. The Balaban J connectivity index is 2.74. The van der Waals surface area contributed by atoms with Crippen LogP contribution < -0.4 is 10.1 Å². The molecule has 1 aromatic carbocycles. The van der Waals surface area contributed by atoms with Gasteiger partial charge in [-0.25, -0.2) is 0 Å². The molecule has 0 saturated carbocycles. The summed E-state index contributed by atoms with van der Waals surface area (Å²) in [5, 5.41) is 21.9. The number of hydrogen-bond donors (Lipinski definition) is 3. The summed E-state index contributed by atoms with van der Waals surface area (Å²) in [6, 6.07) is 4.50. The van der Waals surface area contributed by atoms with E-state index in [1.54, 1.807) is 12.1 Å². The maximum Gasteiger partial charge on any atom is 0.251 e. The molecule has 112 valence electrons. The molecule has 0 radical (unpaired) electrons. The molecule has 5 nitrogen and oxygen atoms in total. The van der Waals surface area contributed by atoms with Crippen molar-refractivity contribution in [2.45, 2.75) is 26.7 Å². The van der Waals surface area contributed by atoms with Gasteiger partial charge < -0.3 is 20.3 Å². The van der Waals surface area contributed by atoms with E-state index in [-0.39, 0.29) is 23.7 Å². The third-order valence-electron chi connectivity index (χ3n) is 3.90. The summed E-state index contributed by atoms with van der Waals surface area (Å²) >= 11 is 0. The first-order valence-corrected chi connectivity index (χ1v) is 6.78. The Bertz CT molecular complexity index is 447. The van der Waals surface area contributed by atoms with Crippen LogP contribution in [-0.4, -0.2) is 36.4 Å². The lowest BCUT2D eigenvalue weighted by Crippen LogP contribution is -2.39. The highest BCUT2D eigenvalue weighted by atomic mass is 16.5. The van der Waals surface area contributed by atoms with Gasteiger partial charge >= 0.3 is 0 Å². The van der Waals surface area contributed by atoms with Gasteiger partial charge in [-0.1, -0.05) is 13.8 Å². The molecular formula is C15H23NO4. The minimum atomic E-state index is -0.288. The van der Waals surface area contributed by atoms with Crippen LogP contribution in [0, 0.1) is 5.41 Å². The highest BCUT2D eigenvalue weighted by Crippen LogP contribution is 2.27. The zero-order valence-corrected chi connectivity index (χ0v) is 12.3. The van der Waals surface area contributed by atoms with E-state index in [0.29, 0.717) is 17.9 Å². The fraction of sp³-hybridized carbons (Fsp3) is 0.533. The number of rotatable bonds is 7. The van der Waals surface area contributed by atoms with E-state index in [1.807, 2.05) is 13.8 Å². The number of hydrogen-bond acceptors (Lipinski definition) is 4. The topological polar surface area (TPSA) is 78.8 Å². The normalized spacial score (nSPS) is 11.2. The minimum Gasteiger partial charge on any atom is -0.504 e. The zero-order chi connectivity index (χ0) is 15.2. The van der Waals surface area contributed by atoms with Crippen molar-refractivity contribution in [1.29, 1.82) is 0 Å². The standard InChI is InChI=1S/C15H23NO4/c1-4-15(5-2,10-17)9-16-14(19)11-6-7-13(20-3)12(18)8-11/h6-8,17-18H,4-5,9-10H2,1-3H3,(H,16,19). The summed E-state index contributed by atoms with van der Waals surface area (Å²) in [4.78, 5) is 12.0. The molecule has 0 bridgehead atoms. The van der Waals surface area contributed by atoms with E-state index in [0.717, 1.165) is 12.8 Å². The number of phenolic OH excluding ortho intramolecular Hbond substituents is 1. The Hall–Kier alpha value is -1.75. The molecule has 0 unspecified atom stereocenters. The van der Waals surface area contributed by atoms with Gasteiger partial charge in [-0.3, -0.25) is 4.79 Å². The summed E-state index contributed by atoms with van der Waals surface area (Å²) in [6.45, 7) is 4.42. The van der Waals surface area contributed by atoms with Gasteiger partial charge in [0.1, 0.15) is 0 Å². The van der Waals surface area contributed by atoms with Crippen molar-refractivity contribution < 1.29 is 19.7 Å². The molecule has 0 aliphatic heterocycles. The van der Waals surface area contributed by atoms with Crippen LogP contribution in [0.25, 0.3) is 0 Å². The van der Waals surface area contributed by atoms with Crippen LogP contribution in [0.15, 0.2) is 18.2 Å². The number of aliphatic hydroxyl groups excluding tert-OH is 1. The molecular weight excluding hydrogens is 258 g/mol. The molecule has 1 amide bonds. The van der Waals surface area contributed by atoms with Gasteiger partial charge in [0.25, 0.3) is 5.91 Å². The Labute approximate surface area is 119 Å². The van der Waals surface area contributed by atoms with Gasteiger partial charge in [-0.05, 0) is 31.0 Å². The summed E-state index contributed by atoms with van der Waals surface area (Å²) < 4.78 is 4.93. The third-order valence-corrected chi connectivity index (χ3v) is 3.90. The van der Waals surface area contributed by atoms with Crippen molar-refractivity contribution in [1.82, 2.24) is 5.32 Å². The first-order chi connectivity index (χ1) is 9.51. The van der Waals surface area contributed by atoms with Crippen molar-refractivity contribution in [3.8, 4) is 11.5 Å². The molecule has 5 heteroatoms. The molecule has 0 atom stereocenters. The number of ether oxygens (including phenoxy) is 1. The van der Waals surface area contributed by atoms with Crippen LogP contribution in [0.3, 0.4) is 0 Å². The van der Waals surface area contributed by atoms with E-state index < -0.39 is 0 Å². The lowest BCUT2D eigenvalue weighted by Gasteiger charge is -2.29. The molecule has 0 aromatic heterocycles. The molecule has 0 spiro atoms. The maximum atomic E-state index is 12.0. The number of nitrogens with one attached hydrogen (secondary N) is 1. The van der Waals surface area contributed by atoms with E-state index in [2.05, 4.69) is 5.32 Å². The van der Waals surface area contributed by atoms with E-state index >= 15 is 0 Å². The second kappa shape index (κ2) is 7.14. The predicted molar refractivity (Wildman–Crippen MR) is 77.1 cm³/mol. The van der Waals surface area contributed by atoms with Crippen molar-refractivity contribution >= 4 is 5.91 Å². The maximum absolute atomic E-state index is 12.0. The molecule has 1 rings (SSSR count). The number of methoxy groups -OCH3 is 1. The van der Waals surface area contributed by atoms with Gasteiger partial charge in [0.15, 0.2) is 11.5 Å². The number of aromatic hydroxyl groups is 1. The summed E-state index contributed by atoms with van der Waals surface area (Å²) in [5.41, 5.74) is 0.0758. The highest BCUT2D eigenvalue weighted by molar-refractivity contribution is 5.94. The average molecular weight is 281 g/mol. The summed E-state index contributed by atoms with van der Waals surface area (Å²) in [7, 11) is 1.45. The number of carbonyl (C=O) groups excluding carboxylic acids is 1. The zero-order valence-electron chi connectivity index (χ0n) is 12.3. The fourth-order valence-corrected chi connectivity index (χ4v) is 1.98. The van der Waals surface area contributed by atoms with E-state index in [4.69, 9.17) is 4.74 Å². The molecule has 0 aliphatic carbocycles. The monoisotopic (exact) mass is 281 g/mol. The second-order valence-corrected chi connectivity index (χ2v) is 4.93. The Morgan fingerprint density at radius 1 is 1.35 bits per heavy atom. The first-order valence-electron chi connectivity index (χ1n) is 6.78. The fourth-order valence-electron chi connectivity index (χ4n) is 1.98. The smallest absolute Gasteiger partial charge is 0.251 e. The number of aliphatic hydroxyl groups is 1. The molecule has 0 fully saturated rings. The van der Waals surface area contributed by atoms with Crippen molar-refractivity contribution in [3.63, 3.8) is 0 Å². The van der Waals surface area contributed by atoms with Gasteiger partial charge in [-0.15, -0.1) is 0 Å². The average Bonchev–Trinajstić information content (AvgIpc) is 2.49. The van der Waals surface area contributed by atoms with Crippen molar-refractivity contribution in [2.24, 2.45) is 5.41 Å². The Morgan fingerprint density at radius 3 is 2.45 bits per heavy atom. The number of carbonyl (C=O) groups is 1. The predicted octanol–water partition coefficient (Wildman–Crippen LogP) is 1.93. The lowest BCUT2D eigenvalue weighted by atomic mass is 9.83. The molecule has 3 N–H and O–H groups in total. The quantitative estimate of drug-likeness (QED) is 0.713. The molecule has 0 aliphatic rings. The second-order valence-electron chi connectivity index (χ2n) is 4.93. The number of phenols is 1. The van der Waals surface area contributed by atoms with E-state index in [1.165, 1.54) is 13.2 Å². The lowest BCUT2D eigenvalue weighted by molar-refractivity contribution is 0.0850. The van der Waals surface area contributed by atoms with E-state index in [9.17, 15) is 15.0 Å². The Kier molecular flexibility index (Phi) is 5.82. The van der Waals surface area contributed by atoms with Gasteiger partial charge in [0.2, 0.25) is 0 Å². The summed E-state index contributed by atoms with van der Waals surface area (Å²) in [5.74, 6) is -0.0180. The van der Waals surface area contributed by atoms with Crippen molar-refractivity contribution in [3.05, 3.63) is 23.8 Å². The molecule has 0 saturated heterocycles. The highest BCUT2D eigenvalue weighted by Gasteiger charge is 2.26. The molecule has 20 heavy (non-hydrogen) atoms. The van der Waals surface area contributed by atoms with Crippen LogP contribution in [0.2, 0.25) is 0 Å². The van der Waals surface area contributed by atoms with Crippen LogP contribution in [0.1, 0.15) is 37.0 Å². The largest absolute Gasteiger partial charge is 0.504 e. The summed E-state index contributed by atoms with van der Waals surface area (Å²) in [6.07, 6.45) is 1.57. The number of amides is 1. The molecule has 0 heterocycles. The first kappa shape index (κ1) is 16.3. The van der Waals surface area contributed by atoms with Gasteiger partial charge in [0, 0.05) is 17.5 Å². The Morgan fingerprint density at radius 2 is 2.00 bits per heavy atom. The van der Waals surface area contributed by atoms with Gasteiger partial charge in [-0.2, -0.15) is 0 Å². The van der Waals surface area contributed by atoms with Crippen molar-refractivity contribution in [2.75, 3.05) is 20.3 Å². The SMILES string of the molecule is CCC(CC)(CO)CNC(=O)c1ccc(OC)c(O)c1. The van der Waals surface area contributed by atoms with Crippen LogP contribution in [0.4, 0.5) is 0 Å². The minimum absolute atomic E-state index is 0.0359. The third kappa shape index (κ3) is 3.63. The van der Waals surface area contributed by atoms with Crippen LogP contribution in [0.5, 0.6) is 11.5 Å². The van der Waals surface area contributed by atoms with Crippen LogP contribution >= 0.6 is 0 Å². The van der Waals surface area contributed by atoms with Crippen LogP contribution in [-0.2, 0) is 0 Å². The number of benzene rings is 1. The van der Waals surface area contributed by atoms with Gasteiger partial charge in [0.05, 0.1) is 13.7 Å².